The topological polar surface area (TPSA) is 56.2 Å². The molecule has 1 amide bonds. The molecule has 0 aliphatic rings. The van der Waals surface area contributed by atoms with Gasteiger partial charge in [0.25, 0.3) is 0 Å². The van der Waals surface area contributed by atoms with Crippen molar-refractivity contribution in [2.75, 3.05) is 7.11 Å². The van der Waals surface area contributed by atoms with Gasteiger partial charge in [-0.25, -0.2) is 0 Å². The highest BCUT2D eigenvalue weighted by Gasteiger charge is 2.16. The number of pyridine rings is 1. The first-order valence-corrected chi connectivity index (χ1v) is 6.58. The number of nitrogens with zero attached hydrogens (tertiary/aromatic N) is 1. The average molecular weight is 279 g/mol. The molecule has 3 rings (SSSR count). The summed E-state index contributed by atoms with van der Waals surface area (Å²) in [5.41, 5.74) is 7.16. The van der Waals surface area contributed by atoms with Crippen LogP contribution >= 0.6 is 0 Å². The van der Waals surface area contributed by atoms with Gasteiger partial charge >= 0.3 is 6.03 Å². The number of benzene rings is 2. The molecule has 0 aliphatic carbocycles. The quantitative estimate of drug-likeness (QED) is 0.733. The van der Waals surface area contributed by atoms with Crippen LogP contribution in [0.15, 0.2) is 60.8 Å². The van der Waals surface area contributed by atoms with Gasteiger partial charge in [-0.1, -0.05) is 24.3 Å². The number of amides is 1. The van der Waals surface area contributed by atoms with Gasteiger partial charge in [0.2, 0.25) is 0 Å². The van der Waals surface area contributed by atoms with Gasteiger partial charge in [0.15, 0.2) is 0 Å². The molecule has 0 unspecified atom stereocenters. The summed E-state index contributed by atoms with van der Waals surface area (Å²) in [4.78, 5) is 11.7. The minimum Gasteiger partial charge on any atom is -0.497 e. The number of methoxy groups -OCH3 is 1. The maximum atomic E-state index is 11.7. The second kappa shape index (κ2) is 5.25. The Morgan fingerprint density at radius 2 is 1.71 bits per heavy atom. The van der Waals surface area contributed by atoms with Crippen LogP contribution in [-0.4, -0.2) is 13.1 Å². The molecule has 0 atom stereocenters. The Bertz CT molecular complexity index is 811. The van der Waals surface area contributed by atoms with Crippen molar-refractivity contribution in [2.24, 2.45) is 5.73 Å². The van der Waals surface area contributed by atoms with E-state index in [-0.39, 0.29) is 0 Å². The van der Waals surface area contributed by atoms with Crippen LogP contribution < -0.4 is 15.0 Å². The fourth-order valence-corrected chi connectivity index (χ4v) is 2.35. The van der Waals surface area contributed by atoms with Gasteiger partial charge in [-0.15, -0.1) is 0 Å². The van der Waals surface area contributed by atoms with Crippen molar-refractivity contribution >= 4 is 16.8 Å². The van der Waals surface area contributed by atoms with E-state index in [9.17, 15) is 4.79 Å². The molecule has 4 nitrogen and oxygen atoms in total. The second-order valence-electron chi connectivity index (χ2n) is 4.72. The van der Waals surface area contributed by atoms with Gasteiger partial charge in [0.1, 0.15) is 17.6 Å². The predicted octanol–water partition coefficient (Wildman–Crippen LogP) is 2.73. The summed E-state index contributed by atoms with van der Waals surface area (Å²) in [6.07, 6.45) is 1.76. The Labute approximate surface area is 122 Å². The molecule has 0 saturated heterocycles. The molecule has 21 heavy (non-hydrogen) atoms. The standard InChI is InChI=1S/C17H14N2O2/c1-21-15-8-6-12(7-9-15)16-10-13-4-2-3-5-14(13)11-19(16)17(18)20/h2-11H,1H3,(H-,18,20)/p+1. The summed E-state index contributed by atoms with van der Waals surface area (Å²) in [5, 5.41) is 2.02. The molecule has 4 heteroatoms. The van der Waals surface area contributed by atoms with Gasteiger partial charge in [0, 0.05) is 10.9 Å². The maximum Gasteiger partial charge on any atom is 0.494 e. The molecule has 104 valence electrons. The van der Waals surface area contributed by atoms with E-state index in [2.05, 4.69) is 0 Å². The predicted molar refractivity (Wildman–Crippen MR) is 81.1 cm³/mol. The minimum atomic E-state index is -0.508. The smallest absolute Gasteiger partial charge is 0.494 e. The molecule has 0 fully saturated rings. The molecular weight excluding hydrogens is 264 g/mol. The Kier molecular flexibility index (Phi) is 3.28. The van der Waals surface area contributed by atoms with E-state index in [1.165, 1.54) is 4.57 Å². The van der Waals surface area contributed by atoms with Crippen LogP contribution in [0.3, 0.4) is 0 Å². The van der Waals surface area contributed by atoms with Crippen LogP contribution in [0.5, 0.6) is 5.75 Å². The van der Waals surface area contributed by atoms with Crippen LogP contribution in [0.25, 0.3) is 22.0 Å². The number of primary amides is 1. The van der Waals surface area contributed by atoms with E-state index < -0.39 is 6.03 Å². The highest BCUT2D eigenvalue weighted by Crippen LogP contribution is 2.22. The number of ether oxygens (including phenoxy) is 1. The van der Waals surface area contributed by atoms with Crippen LogP contribution in [0.2, 0.25) is 0 Å². The van der Waals surface area contributed by atoms with Gasteiger partial charge in [-0.2, -0.15) is 9.36 Å². The van der Waals surface area contributed by atoms with Crippen LogP contribution in [-0.2, 0) is 0 Å². The zero-order valence-corrected chi connectivity index (χ0v) is 11.6. The zero-order valence-electron chi connectivity index (χ0n) is 11.6. The summed E-state index contributed by atoms with van der Waals surface area (Å²) in [7, 11) is 1.62. The molecule has 0 spiro atoms. The second-order valence-corrected chi connectivity index (χ2v) is 4.72. The van der Waals surface area contributed by atoms with Crippen LogP contribution in [0.1, 0.15) is 0 Å². The van der Waals surface area contributed by atoms with Gasteiger partial charge < -0.3 is 4.74 Å². The molecule has 0 bridgehead atoms. The molecule has 1 aromatic heterocycles. The number of rotatable bonds is 2. The van der Waals surface area contributed by atoms with E-state index in [0.29, 0.717) is 0 Å². The molecule has 3 aromatic rings. The third-order valence-electron chi connectivity index (χ3n) is 3.44. The maximum absolute atomic E-state index is 11.7. The van der Waals surface area contributed by atoms with E-state index in [1.54, 1.807) is 13.3 Å². The van der Waals surface area contributed by atoms with Gasteiger partial charge in [-0.05, 0) is 35.7 Å². The van der Waals surface area contributed by atoms with Crippen molar-refractivity contribution in [3.8, 4) is 17.0 Å². The van der Waals surface area contributed by atoms with Gasteiger partial charge in [-0.3, -0.25) is 5.73 Å². The van der Waals surface area contributed by atoms with E-state index >= 15 is 0 Å². The van der Waals surface area contributed by atoms with Crippen molar-refractivity contribution in [1.29, 1.82) is 0 Å². The number of fused-ring (bicyclic) bond motifs is 1. The summed E-state index contributed by atoms with van der Waals surface area (Å²) < 4.78 is 6.62. The monoisotopic (exact) mass is 279 g/mol. The third kappa shape index (κ3) is 2.43. The normalized spacial score (nSPS) is 10.5. The summed E-state index contributed by atoms with van der Waals surface area (Å²) in [6.45, 7) is 0. The summed E-state index contributed by atoms with van der Waals surface area (Å²) in [6, 6.07) is 16.8. The lowest BCUT2D eigenvalue weighted by molar-refractivity contribution is -0.556. The Hall–Kier alpha value is -2.88. The highest BCUT2D eigenvalue weighted by atomic mass is 16.5. The lowest BCUT2D eigenvalue weighted by Gasteiger charge is -2.07. The first-order valence-electron chi connectivity index (χ1n) is 6.58. The molecule has 0 radical (unpaired) electrons. The number of carbonyl (C=O) groups excluding carboxylic acids is 1. The van der Waals surface area contributed by atoms with Crippen molar-refractivity contribution in [3.63, 3.8) is 0 Å². The van der Waals surface area contributed by atoms with Crippen molar-refractivity contribution in [2.45, 2.75) is 0 Å². The first-order chi connectivity index (χ1) is 10.2. The molecule has 1 heterocycles. The van der Waals surface area contributed by atoms with Crippen LogP contribution in [0.4, 0.5) is 4.79 Å². The van der Waals surface area contributed by atoms with Crippen molar-refractivity contribution in [3.05, 3.63) is 60.8 Å². The lowest BCUT2D eigenvalue weighted by atomic mass is 10.1. The Morgan fingerprint density at radius 3 is 2.33 bits per heavy atom. The Balaban J connectivity index is 2.23. The third-order valence-corrected chi connectivity index (χ3v) is 3.44. The van der Waals surface area contributed by atoms with Gasteiger partial charge in [0.05, 0.1) is 7.11 Å². The first kappa shape index (κ1) is 13.1. The number of aromatic nitrogens is 1. The highest BCUT2D eigenvalue weighted by molar-refractivity contribution is 5.85. The molecule has 2 aromatic carbocycles. The minimum absolute atomic E-state index is 0.508. The van der Waals surface area contributed by atoms with Crippen LogP contribution in [0, 0.1) is 0 Å². The molecule has 2 N–H and O–H groups in total. The Morgan fingerprint density at radius 1 is 1.05 bits per heavy atom. The lowest BCUT2D eigenvalue weighted by Crippen LogP contribution is -2.48. The number of carbonyl (C=O) groups is 1. The zero-order chi connectivity index (χ0) is 14.8. The molecule has 0 saturated carbocycles. The van der Waals surface area contributed by atoms with E-state index in [1.807, 2.05) is 54.6 Å². The fraction of sp³-hybridized carbons (Fsp3) is 0.0588. The number of hydrogen-bond donors (Lipinski definition) is 1. The fourth-order valence-electron chi connectivity index (χ4n) is 2.35. The van der Waals surface area contributed by atoms with E-state index in [4.69, 9.17) is 10.5 Å². The SMILES string of the molecule is COc1ccc(-c2cc3ccccc3c[n+]2C(N)=O)cc1. The average Bonchev–Trinajstić information content (AvgIpc) is 2.53. The summed E-state index contributed by atoms with van der Waals surface area (Å²) >= 11 is 0. The van der Waals surface area contributed by atoms with Crippen molar-refractivity contribution in [1.82, 2.24) is 0 Å². The largest absolute Gasteiger partial charge is 0.497 e. The van der Waals surface area contributed by atoms with Crippen molar-refractivity contribution < 1.29 is 14.1 Å². The van der Waals surface area contributed by atoms with E-state index in [0.717, 1.165) is 27.8 Å². The number of hydrogen-bond acceptors (Lipinski definition) is 2. The summed E-state index contributed by atoms with van der Waals surface area (Å²) in [5.74, 6) is 0.769. The number of nitrogens with two attached hydrogens (primary N) is 1. The molecular formula is C17H15N2O2+. The molecule has 0 aliphatic heterocycles.